The summed E-state index contributed by atoms with van der Waals surface area (Å²) in [6, 6.07) is 0. The molecule has 1 fully saturated rings. The number of hydrogen-bond acceptors (Lipinski definition) is 2. The van der Waals surface area contributed by atoms with E-state index < -0.39 is 0 Å². The largest absolute Gasteiger partial charge is 0.377 e. The summed E-state index contributed by atoms with van der Waals surface area (Å²) in [5.41, 5.74) is 2.22. The molecular weight excluding hydrogens is 324 g/mol. The van der Waals surface area contributed by atoms with Crippen LogP contribution in [0.15, 0.2) is 12.2 Å². The highest BCUT2D eigenvalue weighted by Crippen LogP contribution is 2.48. The predicted octanol–water partition coefficient (Wildman–Crippen LogP) is 7.36. The van der Waals surface area contributed by atoms with Crippen LogP contribution in [0.5, 0.6) is 0 Å². The third-order valence-electron chi connectivity index (χ3n) is 6.49. The Bertz CT molecular complexity index is 430. The minimum Gasteiger partial charge on any atom is -0.377 e. The van der Waals surface area contributed by atoms with E-state index >= 15 is 0 Å². The van der Waals surface area contributed by atoms with Crippen LogP contribution in [0.25, 0.3) is 0 Å². The maximum absolute atomic E-state index is 6.52. The molecule has 0 aromatic heterocycles. The highest BCUT2D eigenvalue weighted by Gasteiger charge is 2.45. The van der Waals surface area contributed by atoms with Gasteiger partial charge in [0.25, 0.3) is 0 Å². The lowest BCUT2D eigenvalue weighted by Crippen LogP contribution is -2.48. The lowest BCUT2D eigenvalue weighted by molar-refractivity contribution is -0.105. The topological polar surface area (TPSA) is 9.23 Å². The van der Waals surface area contributed by atoms with Gasteiger partial charge in [-0.2, -0.15) is 11.8 Å². The molecule has 0 aliphatic carbocycles. The van der Waals surface area contributed by atoms with Crippen molar-refractivity contribution in [2.45, 2.75) is 99.4 Å². The fourth-order valence-electron chi connectivity index (χ4n) is 4.01. The van der Waals surface area contributed by atoms with Crippen molar-refractivity contribution in [3.8, 4) is 0 Å². The van der Waals surface area contributed by atoms with E-state index in [0.717, 1.165) is 25.9 Å². The quantitative estimate of drug-likeness (QED) is 0.453. The van der Waals surface area contributed by atoms with E-state index in [9.17, 15) is 0 Å². The minimum atomic E-state index is 0.185. The smallest absolute Gasteiger partial charge is 0.0664 e. The summed E-state index contributed by atoms with van der Waals surface area (Å²) < 4.78 is 6.52. The Morgan fingerprint density at radius 1 is 1.12 bits per heavy atom. The molecule has 3 atom stereocenters. The van der Waals surface area contributed by atoms with Crippen molar-refractivity contribution in [2.24, 2.45) is 22.2 Å². The first-order valence-corrected chi connectivity index (χ1v) is 11.2. The van der Waals surface area contributed by atoms with Crippen molar-refractivity contribution in [3.05, 3.63) is 12.2 Å². The molecule has 0 saturated carbocycles. The summed E-state index contributed by atoms with van der Waals surface area (Å²) in [6.07, 6.45) is 4.95. The molecule has 0 spiro atoms. The maximum Gasteiger partial charge on any atom is 0.0664 e. The van der Waals surface area contributed by atoms with Gasteiger partial charge in [-0.15, -0.1) is 0 Å². The molecule has 1 heterocycles. The summed E-state index contributed by atoms with van der Waals surface area (Å²) in [5.74, 6) is 1.78. The Hall–Kier alpha value is 0.0500. The number of ether oxygens (including phenoxy) is 1. The number of allylic oxidation sites excluding steroid dienone is 1. The monoisotopic (exact) mass is 368 g/mol. The van der Waals surface area contributed by atoms with Gasteiger partial charge in [0.05, 0.1) is 6.10 Å². The maximum atomic E-state index is 6.52. The van der Waals surface area contributed by atoms with Crippen LogP contribution >= 0.6 is 11.8 Å². The van der Waals surface area contributed by atoms with Crippen LogP contribution in [0.4, 0.5) is 0 Å². The summed E-state index contributed by atoms with van der Waals surface area (Å²) >= 11 is 2.16. The van der Waals surface area contributed by atoms with Crippen LogP contribution in [0.1, 0.15) is 88.0 Å². The number of thioether (sulfide) groups is 1. The molecule has 0 radical (unpaired) electrons. The summed E-state index contributed by atoms with van der Waals surface area (Å²) in [7, 11) is 0. The van der Waals surface area contributed by atoms with Gasteiger partial charge in [0, 0.05) is 11.9 Å². The Kier molecular flexibility index (Phi) is 8.15. The number of rotatable bonds is 6. The molecule has 0 aromatic carbocycles. The molecule has 1 saturated heterocycles. The minimum absolute atomic E-state index is 0.185. The summed E-state index contributed by atoms with van der Waals surface area (Å²) in [5, 5.41) is 0.667. The predicted molar refractivity (Wildman–Crippen MR) is 115 cm³/mol. The fourth-order valence-corrected chi connectivity index (χ4v) is 5.38. The molecule has 148 valence electrons. The normalized spacial score (nSPS) is 26.8. The van der Waals surface area contributed by atoms with Crippen molar-refractivity contribution in [3.63, 3.8) is 0 Å². The lowest BCUT2D eigenvalue weighted by Gasteiger charge is -2.49. The van der Waals surface area contributed by atoms with Gasteiger partial charge in [-0.1, -0.05) is 80.9 Å². The van der Waals surface area contributed by atoms with Crippen molar-refractivity contribution in [2.75, 3.05) is 12.4 Å². The molecule has 2 heteroatoms. The Morgan fingerprint density at radius 2 is 1.72 bits per heavy atom. The van der Waals surface area contributed by atoms with Crippen LogP contribution < -0.4 is 0 Å². The second kappa shape index (κ2) is 8.83. The zero-order chi connectivity index (χ0) is 19.5. The van der Waals surface area contributed by atoms with E-state index in [1.165, 1.54) is 17.7 Å². The molecule has 0 amide bonds. The standard InChI is InChI=1S/C23H44OS/c1-11-22(7,8)23(9,10)20-18(3)16-25-19(12-13-24-20)14-17(2)15-21(4,5)6/h18-20H,2,11-16H2,1,3-10H3. The molecule has 0 aromatic rings. The Morgan fingerprint density at radius 3 is 2.24 bits per heavy atom. The van der Waals surface area contributed by atoms with E-state index in [4.69, 9.17) is 4.74 Å². The van der Waals surface area contributed by atoms with Gasteiger partial charge in [-0.05, 0) is 47.2 Å². The average molecular weight is 369 g/mol. The molecule has 25 heavy (non-hydrogen) atoms. The van der Waals surface area contributed by atoms with Gasteiger partial charge < -0.3 is 4.74 Å². The first kappa shape index (κ1) is 23.1. The zero-order valence-electron chi connectivity index (χ0n) is 18.5. The highest BCUT2D eigenvalue weighted by molar-refractivity contribution is 7.99. The number of hydrogen-bond donors (Lipinski definition) is 0. The first-order valence-electron chi connectivity index (χ1n) is 10.2. The highest BCUT2D eigenvalue weighted by atomic mass is 32.2. The van der Waals surface area contributed by atoms with E-state index in [1.54, 1.807) is 0 Å². The second-order valence-corrected chi connectivity index (χ2v) is 12.0. The van der Waals surface area contributed by atoms with E-state index in [0.29, 0.717) is 22.7 Å². The zero-order valence-corrected chi connectivity index (χ0v) is 19.3. The Labute approximate surface area is 162 Å². The van der Waals surface area contributed by atoms with Gasteiger partial charge in [-0.25, -0.2) is 0 Å². The lowest BCUT2D eigenvalue weighted by atomic mass is 9.61. The molecule has 0 bridgehead atoms. The second-order valence-electron chi connectivity index (χ2n) is 10.7. The SMILES string of the molecule is C=C(CC1CCOC(C(C)(C)C(C)(C)CC)C(C)CS1)CC(C)(C)C. The summed E-state index contributed by atoms with van der Waals surface area (Å²) in [4.78, 5) is 0. The van der Waals surface area contributed by atoms with Gasteiger partial charge >= 0.3 is 0 Å². The first-order chi connectivity index (χ1) is 11.3. The van der Waals surface area contributed by atoms with Crippen molar-refractivity contribution in [1.29, 1.82) is 0 Å². The summed E-state index contributed by atoms with van der Waals surface area (Å²) in [6.45, 7) is 26.5. The third-order valence-corrected chi connectivity index (χ3v) is 8.08. The van der Waals surface area contributed by atoms with Crippen molar-refractivity contribution < 1.29 is 4.74 Å². The van der Waals surface area contributed by atoms with Crippen LogP contribution in [-0.4, -0.2) is 23.7 Å². The van der Waals surface area contributed by atoms with E-state index in [1.807, 2.05) is 0 Å². The molecule has 1 aliphatic rings. The van der Waals surface area contributed by atoms with Crippen LogP contribution in [0.3, 0.4) is 0 Å². The van der Waals surface area contributed by atoms with Crippen LogP contribution in [0, 0.1) is 22.2 Å². The molecular formula is C23H44OS. The van der Waals surface area contributed by atoms with Gasteiger partial charge in [0.2, 0.25) is 0 Å². The van der Waals surface area contributed by atoms with E-state index in [-0.39, 0.29) is 10.8 Å². The van der Waals surface area contributed by atoms with Gasteiger partial charge in [0.1, 0.15) is 0 Å². The fraction of sp³-hybridized carbons (Fsp3) is 0.913. The van der Waals surface area contributed by atoms with Gasteiger partial charge in [0.15, 0.2) is 0 Å². The van der Waals surface area contributed by atoms with Crippen LogP contribution in [0.2, 0.25) is 0 Å². The third kappa shape index (κ3) is 6.61. The molecule has 1 aliphatic heterocycles. The van der Waals surface area contributed by atoms with E-state index in [2.05, 4.69) is 80.7 Å². The van der Waals surface area contributed by atoms with Crippen molar-refractivity contribution >= 4 is 11.8 Å². The Balaban J connectivity index is 2.69. The van der Waals surface area contributed by atoms with Crippen molar-refractivity contribution in [1.82, 2.24) is 0 Å². The van der Waals surface area contributed by atoms with Crippen LogP contribution in [-0.2, 0) is 4.74 Å². The average Bonchev–Trinajstić information content (AvgIpc) is 2.44. The molecule has 1 nitrogen and oxygen atoms in total. The molecule has 3 unspecified atom stereocenters. The van der Waals surface area contributed by atoms with Gasteiger partial charge in [-0.3, -0.25) is 0 Å². The molecule has 1 rings (SSSR count). The molecule has 0 N–H and O–H groups in total.